The summed E-state index contributed by atoms with van der Waals surface area (Å²) in [7, 11) is 0. The molecule has 0 aliphatic heterocycles. The molecule has 0 N–H and O–H groups in total. The van der Waals surface area contributed by atoms with E-state index in [-0.39, 0.29) is 18.0 Å². The molecule has 110 valence electrons. The van der Waals surface area contributed by atoms with Crippen molar-refractivity contribution in [2.24, 2.45) is 0 Å². The largest absolute Gasteiger partial charge is 0.435 e. The quantitative estimate of drug-likeness (QED) is 0.729. The average molecular weight is 359 g/mol. The highest BCUT2D eigenvalue weighted by Gasteiger charge is 2.11. The lowest BCUT2D eigenvalue weighted by atomic mass is 10.0. The van der Waals surface area contributed by atoms with Gasteiger partial charge >= 0.3 is 6.61 Å². The Labute approximate surface area is 127 Å². The Morgan fingerprint density at radius 3 is 2.38 bits per heavy atom. The lowest BCUT2D eigenvalue weighted by Gasteiger charge is -2.06. The van der Waals surface area contributed by atoms with Gasteiger partial charge in [0.2, 0.25) is 0 Å². The summed E-state index contributed by atoms with van der Waals surface area (Å²) in [6, 6.07) is 9.51. The van der Waals surface area contributed by atoms with Gasteiger partial charge in [-0.3, -0.25) is 4.79 Å². The Hall–Kier alpha value is -1.82. The van der Waals surface area contributed by atoms with Gasteiger partial charge in [-0.15, -0.1) is 0 Å². The normalized spacial score (nSPS) is 10.7. The van der Waals surface area contributed by atoms with Crippen LogP contribution in [-0.4, -0.2) is 12.4 Å². The van der Waals surface area contributed by atoms with Crippen molar-refractivity contribution in [1.29, 1.82) is 0 Å². The molecule has 2 rings (SSSR count). The molecule has 2 nitrogen and oxygen atoms in total. The summed E-state index contributed by atoms with van der Waals surface area (Å²) in [5.74, 6) is -0.609. The third-order valence-corrected chi connectivity index (χ3v) is 3.51. The molecule has 0 aliphatic carbocycles. The third-order valence-electron chi connectivity index (χ3n) is 2.77. The first-order valence-electron chi connectivity index (χ1n) is 5.97. The van der Waals surface area contributed by atoms with Crippen LogP contribution >= 0.6 is 15.9 Å². The van der Waals surface area contributed by atoms with Crippen LogP contribution in [0.5, 0.6) is 5.75 Å². The molecule has 0 aliphatic rings. The zero-order chi connectivity index (χ0) is 15.4. The maximum absolute atomic E-state index is 13.0. The predicted molar refractivity (Wildman–Crippen MR) is 75.2 cm³/mol. The Bertz CT molecular complexity index is 642. The van der Waals surface area contributed by atoms with Crippen molar-refractivity contribution in [2.75, 3.05) is 0 Å². The van der Waals surface area contributed by atoms with Gasteiger partial charge in [-0.1, -0.05) is 22.0 Å². The summed E-state index contributed by atoms with van der Waals surface area (Å²) < 4.78 is 41.7. The van der Waals surface area contributed by atoms with E-state index in [0.29, 0.717) is 15.6 Å². The molecule has 0 heterocycles. The van der Waals surface area contributed by atoms with Gasteiger partial charge in [-0.25, -0.2) is 4.39 Å². The van der Waals surface area contributed by atoms with Gasteiger partial charge in [0.05, 0.1) is 0 Å². The SMILES string of the molecule is O=C(Cc1ccc(F)cc1Br)c1ccc(OC(F)F)cc1. The molecule has 2 aromatic carbocycles. The molecule has 0 saturated heterocycles. The molecular weight excluding hydrogens is 349 g/mol. The van der Waals surface area contributed by atoms with Gasteiger partial charge in [0.1, 0.15) is 11.6 Å². The minimum absolute atomic E-state index is 0.00971. The van der Waals surface area contributed by atoms with Crippen LogP contribution in [0.1, 0.15) is 15.9 Å². The molecule has 0 saturated carbocycles. The minimum atomic E-state index is -2.90. The second-order valence-corrected chi connectivity index (χ2v) is 5.09. The van der Waals surface area contributed by atoms with Gasteiger partial charge < -0.3 is 4.74 Å². The van der Waals surface area contributed by atoms with Crippen LogP contribution in [0.4, 0.5) is 13.2 Å². The van der Waals surface area contributed by atoms with Crippen LogP contribution in [0.3, 0.4) is 0 Å². The highest BCUT2D eigenvalue weighted by Crippen LogP contribution is 2.21. The van der Waals surface area contributed by atoms with E-state index in [2.05, 4.69) is 20.7 Å². The van der Waals surface area contributed by atoms with E-state index >= 15 is 0 Å². The molecule has 0 fully saturated rings. The first-order chi connectivity index (χ1) is 9.95. The number of rotatable bonds is 5. The standard InChI is InChI=1S/C15H10BrF3O2/c16-13-8-11(17)4-1-10(13)7-14(20)9-2-5-12(6-3-9)21-15(18)19/h1-6,8,15H,7H2. The van der Waals surface area contributed by atoms with Crippen LogP contribution in [-0.2, 0) is 6.42 Å². The lowest BCUT2D eigenvalue weighted by Crippen LogP contribution is -2.05. The zero-order valence-corrected chi connectivity index (χ0v) is 12.2. The fourth-order valence-electron chi connectivity index (χ4n) is 1.76. The van der Waals surface area contributed by atoms with E-state index < -0.39 is 12.4 Å². The first kappa shape index (κ1) is 15.6. The first-order valence-corrected chi connectivity index (χ1v) is 6.77. The summed E-state index contributed by atoms with van der Waals surface area (Å²) in [6.45, 7) is -2.90. The maximum Gasteiger partial charge on any atom is 0.387 e. The fraction of sp³-hybridized carbons (Fsp3) is 0.133. The molecule has 21 heavy (non-hydrogen) atoms. The summed E-state index contributed by atoms with van der Waals surface area (Å²) in [6.07, 6.45) is 0.0793. The second-order valence-electron chi connectivity index (χ2n) is 4.24. The second kappa shape index (κ2) is 6.76. The molecule has 0 radical (unpaired) electrons. The van der Waals surface area contributed by atoms with Gasteiger partial charge in [0.15, 0.2) is 5.78 Å². The molecule has 2 aromatic rings. The van der Waals surface area contributed by atoms with E-state index in [1.165, 1.54) is 42.5 Å². The number of carbonyl (C=O) groups is 1. The van der Waals surface area contributed by atoms with Crippen molar-refractivity contribution in [2.45, 2.75) is 13.0 Å². The van der Waals surface area contributed by atoms with Crippen molar-refractivity contribution >= 4 is 21.7 Å². The zero-order valence-electron chi connectivity index (χ0n) is 10.7. The number of ether oxygens (including phenoxy) is 1. The number of benzene rings is 2. The van der Waals surface area contributed by atoms with Gasteiger partial charge in [0.25, 0.3) is 0 Å². The summed E-state index contributed by atoms with van der Waals surface area (Å²) in [4.78, 5) is 12.1. The Morgan fingerprint density at radius 2 is 1.81 bits per heavy atom. The van der Waals surface area contributed by atoms with Crippen LogP contribution in [0.25, 0.3) is 0 Å². The summed E-state index contributed by atoms with van der Waals surface area (Å²) >= 11 is 3.19. The number of carbonyl (C=O) groups excluding carboxylic acids is 1. The van der Waals surface area contributed by atoms with Crippen LogP contribution in [0, 0.1) is 5.82 Å². The smallest absolute Gasteiger partial charge is 0.387 e. The molecule has 0 bridgehead atoms. The van der Waals surface area contributed by atoms with Crippen LogP contribution < -0.4 is 4.74 Å². The van der Waals surface area contributed by atoms with E-state index in [0.717, 1.165) is 0 Å². The fourth-order valence-corrected chi connectivity index (χ4v) is 2.25. The number of ketones is 1. The number of hydrogen-bond acceptors (Lipinski definition) is 2. The number of Topliss-reactive ketones (excluding diaryl/α,β-unsaturated/α-hetero) is 1. The van der Waals surface area contributed by atoms with E-state index in [1.807, 2.05) is 0 Å². The maximum atomic E-state index is 13.0. The third kappa shape index (κ3) is 4.32. The van der Waals surface area contributed by atoms with Gasteiger partial charge in [-0.05, 0) is 42.0 Å². The monoisotopic (exact) mass is 358 g/mol. The van der Waals surface area contributed by atoms with E-state index in [1.54, 1.807) is 0 Å². The lowest BCUT2D eigenvalue weighted by molar-refractivity contribution is -0.0498. The highest BCUT2D eigenvalue weighted by atomic mass is 79.9. The van der Waals surface area contributed by atoms with Crippen molar-refractivity contribution in [3.05, 3.63) is 63.9 Å². The van der Waals surface area contributed by atoms with Gasteiger partial charge in [-0.2, -0.15) is 8.78 Å². The molecule has 0 spiro atoms. The molecule has 6 heteroatoms. The van der Waals surface area contributed by atoms with E-state index in [9.17, 15) is 18.0 Å². The Balaban J connectivity index is 2.09. The molecule has 0 aromatic heterocycles. The predicted octanol–water partition coefficient (Wildman–Crippen LogP) is 4.62. The number of hydrogen-bond donors (Lipinski definition) is 0. The van der Waals surface area contributed by atoms with Gasteiger partial charge in [0, 0.05) is 16.5 Å². The highest BCUT2D eigenvalue weighted by molar-refractivity contribution is 9.10. The number of alkyl halides is 2. The van der Waals surface area contributed by atoms with E-state index in [4.69, 9.17) is 0 Å². The molecular formula is C15H10BrF3O2. The van der Waals surface area contributed by atoms with Crippen molar-refractivity contribution in [3.63, 3.8) is 0 Å². The van der Waals surface area contributed by atoms with Crippen molar-refractivity contribution < 1.29 is 22.7 Å². The molecule has 0 amide bonds. The molecule has 0 unspecified atom stereocenters. The number of halogens is 4. The van der Waals surface area contributed by atoms with Crippen molar-refractivity contribution in [3.8, 4) is 5.75 Å². The Kier molecular flexibility index (Phi) is 5.01. The van der Waals surface area contributed by atoms with Crippen LogP contribution in [0.2, 0.25) is 0 Å². The van der Waals surface area contributed by atoms with Crippen molar-refractivity contribution in [1.82, 2.24) is 0 Å². The Morgan fingerprint density at radius 1 is 1.14 bits per heavy atom. The summed E-state index contributed by atoms with van der Waals surface area (Å²) in [5.41, 5.74) is 1.02. The summed E-state index contributed by atoms with van der Waals surface area (Å²) in [5, 5.41) is 0. The topological polar surface area (TPSA) is 26.3 Å². The molecule has 0 atom stereocenters. The average Bonchev–Trinajstić information content (AvgIpc) is 2.42. The van der Waals surface area contributed by atoms with Crippen LogP contribution in [0.15, 0.2) is 46.9 Å². The minimum Gasteiger partial charge on any atom is -0.435 e.